The van der Waals surface area contributed by atoms with E-state index in [0.29, 0.717) is 24.4 Å². The Kier molecular flexibility index (Phi) is 6.76. The van der Waals surface area contributed by atoms with Crippen LogP contribution in [0.2, 0.25) is 0 Å². The summed E-state index contributed by atoms with van der Waals surface area (Å²) in [5.41, 5.74) is 1.25. The van der Waals surface area contributed by atoms with E-state index in [1.165, 1.54) is 19.2 Å². The van der Waals surface area contributed by atoms with Gasteiger partial charge in [0.1, 0.15) is 11.5 Å². The first kappa shape index (κ1) is 24.7. The van der Waals surface area contributed by atoms with Crippen molar-refractivity contribution in [2.75, 3.05) is 32.2 Å². The largest absolute Gasteiger partial charge is 0.494 e. The fourth-order valence-electron chi connectivity index (χ4n) is 4.38. The van der Waals surface area contributed by atoms with E-state index in [2.05, 4.69) is 19.8 Å². The zero-order chi connectivity index (χ0) is 26.0. The number of nitrogens with one attached hydrogen (secondary N) is 1. The van der Waals surface area contributed by atoms with Crippen LogP contribution < -0.4 is 14.4 Å². The maximum absolute atomic E-state index is 13.3. The number of hydrogen-bond acceptors (Lipinski definition) is 9. The molecule has 1 unspecified atom stereocenters. The van der Waals surface area contributed by atoms with Crippen LogP contribution in [0.4, 0.5) is 5.82 Å². The highest BCUT2D eigenvalue weighted by Gasteiger charge is 2.28. The molecule has 4 aromatic rings. The first-order valence-electron chi connectivity index (χ1n) is 11.7. The van der Waals surface area contributed by atoms with Crippen LogP contribution in [0.25, 0.3) is 16.6 Å². The Hall–Kier alpha value is -4.03. The second kappa shape index (κ2) is 10.1. The molecule has 37 heavy (non-hydrogen) atoms. The SMILES string of the molecule is COc1ccc(N2CCCC(OC)C2)nc1S(=O)(=O)NC(=O)c1ccc2c(-n3cccn3)cccc2n1. The monoisotopic (exact) mass is 522 g/mol. The van der Waals surface area contributed by atoms with Gasteiger partial charge in [0.05, 0.1) is 24.4 Å². The van der Waals surface area contributed by atoms with Crippen molar-refractivity contribution in [3.8, 4) is 11.4 Å². The highest BCUT2D eigenvalue weighted by molar-refractivity contribution is 7.90. The summed E-state index contributed by atoms with van der Waals surface area (Å²) in [5, 5.41) is 4.63. The Morgan fingerprint density at radius 1 is 1.08 bits per heavy atom. The molecule has 1 aliphatic rings. The minimum atomic E-state index is -4.38. The van der Waals surface area contributed by atoms with Gasteiger partial charge in [-0.05, 0) is 55.3 Å². The third kappa shape index (κ3) is 4.98. The summed E-state index contributed by atoms with van der Waals surface area (Å²) < 4.78 is 41.0. The van der Waals surface area contributed by atoms with Gasteiger partial charge in [0.2, 0.25) is 5.03 Å². The van der Waals surface area contributed by atoms with Gasteiger partial charge < -0.3 is 14.4 Å². The van der Waals surface area contributed by atoms with Crippen molar-refractivity contribution in [2.24, 2.45) is 0 Å². The van der Waals surface area contributed by atoms with Crippen LogP contribution in [0, 0.1) is 0 Å². The molecule has 1 aromatic carbocycles. The molecule has 0 saturated carbocycles. The molecule has 0 aliphatic carbocycles. The number of fused-ring (bicyclic) bond motifs is 1. The summed E-state index contributed by atoms with van der Waals surface area (Å²) in [6.07, 6.45) is 5.31. The van der Waals surface area contributed by atoms with Crippen molar-refractivity contribution < 1.29 is 22.7 Å². The first-order valence-corrected chi connectivity index (χ1v) is 13.2. The van der Waals surface area contributed by atoms with E-state index in [1.807, 2.05) is 11.0 Å². The summed E-state index contributed by atoms with van der Waals surface area (Å²) in [6.45, 7) is 1.30. The molecule has 1 amide bonds. The molecule has 11 nitrogen and oxygen atoms in total. The number of amides is 1. The third-order valence-corrected chi connectivity index (χ3v) is 7.50. The topological polar surface area (TPSA) is 129 Å². The summed E-state index contributed by atoms with van der Waals surface area (Å²) >= 11 is 0. The standard InChI is InChI=1S/C25H26N6O5S/c1-35-17-6-4-14-30(16-17)23-12-11-22(36-2)25(28-23)37(33,34)29-24(32)20-10-9-18-19(27-20)7-3-8-21(18)31-15-5-13-26-31/h3,5,7-13,15,17H,4,6,14,16H2,1-2H3,(H,29,32). The molecule has 5 rings (SSSR count). The minimum Gasteiger partial charge on any atom is -0.494 e. The van der Waals surface area contributed by atoms with Crippen LogP contribution >= 0.6 is 0 Å². The molecular weight excluding hydrogens is 496 g/mol. The van der Waals surface area contributed by atoms with Crippen LogP contribution in [-0.2, 0) is 14.8 Å². The minimum absolute atomic E-state index is 0.0275. The van der Waals surface area contributed by atoms with Gasteiger partial charge >= 0.3 is 0 Å². The van der Waals surface area contributed by atoms with Gasteiger partial charge in [0, 0.05) is 38.0 Å². The number of pyridine rings is 2. The molecule has 12 heteroatoms. The van der Waals surface area contributed by atoms with E-state index < -0.39 is 15.9 Å². The number of hydrogen-bond donors (Lipinski definition) is 1. The fourth-order valence-corrected chi connectivity index (χ4v) is 5.45. The number of anilines is 1. The lowest BCUT2D eigenvalue weighted by Gasteiger charge is -2.33. The highest BCUT2D eigenvalue weighted by Crippen LogP contribution is 2.27. The smallest absolute Gasteiger partial charge is 0.285 e. The van der Waals surface area contributed by atoms with Gasteiger partial charge in [-0.3, -0.25) is 4.79 Å². The van der Waals surface area contributed by atoms with Crippen molar-refractivity contribution in [3.63, 3.8) is 0 Å². The number of sulfonamides is 1. The van der Waals surface area contributed by atoms with E-state index in [1.54, 1.807) is 54.5 Å². The number of rotatable bonds is 7. The number of carbonyl (C=O) groups is 1. The van der Waals surface area contributed by atoms with Crippen LogP contribution in [0.5, 0.6) is 5.75 Å². The van der Waals surface area contributed by atoms with Crippen molar-refractivity contribution in [1.82, 2.24) is 24.5 Å². The maximum atomic E-state index is 13.3. The molecule has 0 spiro atoms. The first-order chi connectivity index (χ1) is 17.9. The van der Waals surface area contributed by atoms with Gasteiger partial charge in [0.15, 0.2) is 5.75 Å². The highest BCUT2D eigenvalue weighted by atomic mass is 32.2. The van der Waals surface area contributed by atoms with Crippen LogP contribution in [0.15, 0.2) is 66.0 Å². The Bertz CT molecular complexity index is 1540. The van der Waals surface area contributed by atoms with Crippen LogP contribution in [0.3, 0.4) is 0 Å². The lowest BCUT2D eigenvalue weighted by Crippen LogP contribution is -2.40. The molecule has 0 radical (unpaired) electrons. The van der Waals surface area contributed by atoms with Gasteiger partial charge in [0.25, 0.3) is 15.9 Å². The molecule has 4 heterocycles. The third-order valence-electron chi connectivity index (χ3n) is 6.24. The normalized spacial score (nSPS) is 16.1. The lowest BCUT2D eigenvalue weighted by atomic mass is 10.1. The molecule has 3 aromatic heterocycles. The summed E-state index contributed by atoms with van der Waals surface area (Å²) in [7, 11) is -1.37. The number of methoxy groups -OCH3 is 2. The second-order valence-corrected chi connectivity index (χ2v) is 10.1. The van der Waals surface area contributed by atoms with Gasteiger partial charge in [-0.25, -0.2) is 19.4 Å². The molecule has 1 fully saturated rings. The Morgan fingerprint density at radius 2 is 1.95 bits per heavy atom. The number of nitrogens with zero attached hydrogens (tertiary/aromatic N) is 5. The molecule has 0 bridgehead atoms. The number of ether oxygens (including phenoxy) is 2. The predicted octanol–water partition coefficient (Wildman–Crippen LogP) is 2.56. The Morgan fingerprint density at radius 3 is 2.70 bits per heavy atom. The summed E-state index contributed by atoms with van der Waals surface area (Å²) in [5.74, 6) is -0.386. The molecule has 1 saturated heterocycles. The van der Waals surface area contributed by atoms with Crippen molar-refractivity contribution in [2.45, 2.75) is 24.0 Å². The second-order valence-electron chi connectivity index (χ2n) is 8.55. The van der Waals surface area contributed by atoms with Crippen LogP contribution in [0.1, 0.15) is 23.3 Å². The lowest BCUT2D eigenvalue weighted by molar-refractivity contribution is 0.0891. The van der Waals surface area contributed by atoms with Crippen molar-refractivity contribution in [1.29, 1.82) is 0 Å². The number of carbonyl (C=O) groups excluding carboxylic acids is 1. The predicted molar refractivity (Wildman–Crippen MR) is 137 cm³/mol. The van der Waals surface area contributed by atoms with Gasteiger partial charge in [-0.15, -0.1) is 0 Å². The van der Waals surface area contributed by atoms with E-state index in [4.69, 9.17) is 9.47 Å². The quantitative estimate of drug-likeness (QED) is 0.389. The maximum Gasteiger partial charge on any atom is 0.285 e. The fraction of sp³-hybridized carbons (Fsp3) is 0.280. The molecule has 1 atom stereocenters. The van der Waals surface area contributed by atoms with Crippen molar-refractivity contribution in [3.05, 3.63) is 66.6 Å². The number of piperidine rings is 1. The van der Waals surface area contributed by atoms with Crippen molar-refractivity contribution >= 4 is 32.7 Å². The molecular formula is C25H26N6O5S. The average Bonchev–Trinajstić information content (AvgIpc) is 3.46. The van der Waals surface area contributed by atoms with E-state index in [-0.39, 0.29) is 22.6 Å². The van der Waals surface area contributed by atoms with Crippen LogP contribution in [-0.4, -0.2) is 67.5 Å². The molecule has 1 N–H and O–H groups in total. The summed E-state index contributed by atoms with van der Waals surface area (Å²) in [6, 6.07) is 13.6. The zero-order valence-corrected chi connectivity index (χ0v) is 21.2. The van der Waals surface area contributed by atoms with Gasteiger partial charge in [-0.1, -0.05) is 6.07 Å². The summed E-state index contributed by atoms with van der Waals surface area (Å²) in [4.78, 5) is 23.7. The van der Waals surface area contributed by atoms with Gasteiger partial charge in [-0.2, -0.15) is 13.5 Å². The van der Waals surface area contributed by atoms with E-state index >= 15 is 0 Å². The zero-order valence-electron chi connectivity index (χ0n) is 20.4. The van der Waals surface area contributed by atoms with E-state index in [0.717, 1.165) is 23.9 Å². The van der Waals surface area contributed by atoms with E-state index in [9.17, 15) is 13.2 Å². The Balaban J connectivity index is 1.43. The average molecular weight is 523 g/mol. The Labute approximate surface area is 214 Å². The molecule has 1 aliphatic heterocycles. The number of aromatic nitrogens is 4. The number of benzene rings is 1. The molecule has 192 valence electrons.